The zero-order chi connectivity index (χ0) is 16.3. The number of hydrogen-bond acceptors (Lipinski definition) is 3. The first-order valence-corrected chi connectivity index (χ1v) is 7.15. The average molecular weight is 300 g/mol. The van der Waals surface area contributed by atoms with Crippen LogP contribution in [0.4, 0.5) is 5.69 Å². The van der Waals surface area contributed by atoms with E-state index in [0.29, 0.717) is 34.6 Å². The molecule has 0 aliphatic rings. The molecule has 0 fully saturated rings. The van der Waals surface area contributed by atoms with Crippen molar-refractivity contribution in [2.75, 3.05) is 12.4 Å². The molecule has 116 valence electrons. The van der Waals surface area contributed by atoms with Crippen LogP contribution in [0.5, 0.6) is 0 Å². The largest absolute Gasteiger partial charge is 0.465 e. The molecule has 22 heavy (non-hydrogen) atoms. The molecule has 1 heterocycles. The Morgan fingerprint density at radius 3 is 2.36 bits per heavy atom. The van der Waals surface area contributed by atoms with E-state index in [-0.39, 0.29) is 5.91 Å². The Morgan fingerprint density at radius 1 is 1.18 bits per heavy atom. The van der Waals surface area contributed by atoms with Crippen LogP contribution in [-0.4, -0.2) is 24.0 Å². The molecule has 5 nitrogen and oxygen atoms in total. The minimum absolute atomic E-state index is 0.272. The molecule has 0 radical (unpaired) electrons. The van der Waals surface area contributed by atoms with Gasteiger partial charge >= 0.3 is 5.97 Å². The number of hydrogen-bond donors (Lipinski definition) is 2. The molecule has 0 atom stereocenters. The van der Waals surface area contributed by atoms with Gasteiger partial charge in [0.1, 0.15) is 5.69 Å². The summed E-state index contributed by atoms with van der Waals surface area (Å²) < 4.78 is 4.79. The maximum atomic E-state index is 12.4. The van der Waals surface area contributed by atoms with Crippen LogP contribution < -0.4 is 5.32 Å². The number of ether oxygens (including phenoxy) is 1. The highest BCUT2D eigenvalue weighted by Gasteiger charge is 2.23. The first-order valence-electron chi connectivity index (χ1n) is 7.15. The first-order chi connectivity index (χ1) is 10.5. The number of H-pyrrole nitrogens is 1. The lowest BCUT2D eigenvalue weighted by atomic mass is 10.1. The van der Waals surface area contributed by atoms with Crippen molar-refractivity contribution in [1.82, 2.24) is 4.98 Å². The molecule has 0 bridgehead atoms. The van der Waals surface area contributed by atoms with Gasteiger partial charge in [-0.1, -0.05) is 24.6 Å². The Morgan fingerprint density at radius 2 is 1.82 bits per heavy atom. The predicted molar refractivity (Wildman–Crippen MR) is 85.4 cm³/mol. The lowest BCUT2D eigenvalue weighted by molar-refractivity contribution is 0.0599. The van der Waals surface area contributed by atoms with E-state index in [1.54, 1.807) is 6.92 Å². The van der Waals surface area contributed by atoms with Crippen molar-refractivity contribution in [3.05, 3.63) is 52.3 Å². The molecule has 0 unspecified atom stereocenters. The number of esters is 1. The van der Waals surface area contributed by atoms with Crippen LogP contribution in [0.25, 0.3) is 0 Å². The molecular formula is C17H20N2O3. The monoisotopic (exact) mass is 300 g/mol. The van der Waals surface area contributed by atoms with Gasteiger partial charge in [-0.25, -0.2) is 4.79 Å². The van der Waals surface area contributed by atoms with E-state index in [9.17, 15) is 9.59 Å². The number of nitrogens with one attached hydrogen (secondary N) is 2. The maximum absolute atomic E-state index is 12.4. The van der Waals surface area contributed by atoms with Crippen molar-refractivity contribution in [3.63, 3.8) is 0 Å². The summed E-state index contributed by atoms with van der Waals surface area (Å²) in [6.07, 6.45) is 0.614. The summed E-state index contributed by atoms with van der Waals surface area (Å²) >= 11 is 0. The smallest absolute Gasteiger partial charge is 0.339 e. The number of methoxy groups -OCH3 is 1. The van der Waals surface area contributed by atoms with E-state index in [2.05, 4.69) is 10.3 Å². The first kappa shape index (κ1) is 15.8. The van der Waals surface area contributed by atoms with Gasteiger partial charge < -0.3 is 15.0 Å². The molecule has 0 aliphatic carbocycles. The van der Waals surface area contributed by atoms with Gasteiger partial charge in [-0.05, 0) is 38.0 Å². The molecule has 2 N–H and O–H groups in total. The van der Waals surface area contributed by atoms with Gasteiger partial charge in [-0.15, -0.1) is 0 Å². The van der Waals surface area contributed by atoms with Gasteiger partial charge in [0, 0.05) is 11.4 Å². The maximum Gasteiger partial charge on any atom is 0.339 e. The summed E-state index contributed by atoms with van der Waals surface area (Å²) in [5.41, 5.74) is 3.97. The summed E-state index contributed by atoms with van der Waals surface area (Å²) in [6.45, 7) is 5.64. The van der Waals surface area contributed by atoms with E-state index in [4.69, 9.17) is 4.74 Å². The number of carbonyl (C=O) groups is 2. The summed E-state index contributed by atoms with van der Waals surface area (Å²) in [7, 11) is 1.33. The van der Waals surface area contributed by atoms with Crippen LogP contribution in [0, 0.1) is 13.8 Å². The second-order valence-electron chi connectivity index (χ2n) is 5.14. The minimum Gasteiger partial charge on any atom is -0.465 e. The Kier molecular flexibility index (Phi) is 4.65. The van der Waals surface area contributed by atoms with E-state index in [1.165, 1.54) is 7.11 Å². The van der Waals surface area contributed by atoms with Crippen LogP contribution in [0.1, 0.15) is 44.6 Å². The molecule has 0 aliphatic heterocycles. The number of aryl methyl sites for hydroxylation is 2. The van der Waals surface area contributed by atoms with E-state index in [0.717, 1.165) is 5.56 Å². The molecule has 2 rings (SSSR count). The van der Waals surface area contributed by atoms with Crippen molar-refractivity contribution in [3.8, 4) is 0 Å². The molecule has 0 saturated heterocycles. The average Bonchev–Trinajstić information content (AvgIpc) is 2.85. The fourth-order valence-electron chi connectivity index (χ4n) is 2.36. The lowest BCUT2D eigenvalue weighted by Crippen LogP contribution is -2.14. The summed E-state index contributed by atoms with van der Waals surface area (Å²) in [4.78, 5) is 27.3. The van der Waals surface area contributed by atoms with Crippen LogP contribution >= 0.6 is 0 Å². The number of rotatable bonds is 4. The lowest BCUT2D eigenvalue weighted by Gasteiger charge is -2.05. The highest BCUT2D eigenvalue weighted by molar-refractivity contribution is 6.06. The van der Waals surface area contributed by atoms with Gasteiger partial charge in [-0.3, -0.25) is 4.79 Å². The van der Waals surface area contributed by atoms with E-state index >= 15 is 0 Å². The van der Waals surface area contributed by atoms with Crippen LogP contribution in [-0.2, 0) is 11.2 Å². The van der Waals surface area contributed by atoms with Gasteiger partial charge in [-0.2, -0.15) is 0 Å². The molecule has 0 spiro atoms. The number of carbonyl (C=O) groups excluding carboxylic acids is 2. The highest BCUT2D eigenvalue weighted by Crippen LogP contribution is 2.21. The molecule has 1 amide bonds. The summed E-state index contributed by atoms with van der Waals surface area (Å²) in [6, 6.07) is 7.53. The fraction of sp³-hybridized carbons (Fsp3) is 0.294. The molecule has 1 aromatic heterocycles. The topological polar surface area (TPSA) is 71.2 Å². The number of aromatic nitrogens is 1. The number of benzene rings is 1. The van der Waals surface area contributed by atoms with E-state index in [1.807, 2.05) is 38.1 Å². The second-order valence-corrected chi connectivity index (χ2v) is 5.14. The molecule has 2 aromatic rings. The van der Waals surface area contributed by atoms with Gasteiger partial charge in [0.2, 0.25) is 0 Å². The number of aromatic amines is 1. The minimum atomic E-state index is -0.431. The van der Waals surface area contributed by atoms with Gasteiger partial charge in [0.05, 0.1) is 12.7 Å². The van der Waals surface area contributed by atoms with Gasteiger partial charge in [0.15, 0.2) is 0 Å². The Labute approximate surface area is 129 Å². The Hall–Kier alpha value is -2.56. The third kappa shape index (κ3) is 3.03. The number of amides is 1. The van der Waals surface area contributed by atoms with Crippen LogP contribution in [0.15, 0.2) is 24.3 Å². The summed E-state index contributed by atoms with van der Waals surface area (Å²) in [5.74, 6) is -0.703. The van der Waals surface area contributed by atoms with E-state index < -0.39 is 5.97 Å². The zero-order valence-electron chi connectivity index (χ0n) is 13.2. The Balaban J connectivity index is 2.32. The van der Waals surface area contributed by atoms with Crippen molar-refractivity contribution in [2.45, 2.75) is 27.2 Å². The fourth-order valence-corrected chi connectivity index (χ4v) is 2.36. The third-order valence-electron chi connectivity index (χ3n) is 3.61. The van der Waals surface area contributed by atoms with Crippen molar-refractivity contribution in [2.24, 2.45) is 0 Å². The molecular weight excluding hydrogens is 280 g/mol. The second kappa shape index (κ2) is 6.47. The van der Waals surface area contributed by atoms with Crippen molar-refractivity contribution < 1.29 is 14.3 Å². The SMILES string of the molecule is CCc1[nH]c(C(=O)Nc2ccc(C)cc2)c(C)c1C(=O)OC. The third-order valence-corrected chi connectivity index (χ3v) is 3.61. The quantitative estimate of drug-likeness (QED) is 0.852. The molecule has 0 saturated carbocycles. The van der Waals surface area contributed by atoms with Crippen molar-refractivity contribution in [1.29, 1.82) is 0 Å². The van der Waals surface area contributed by atoms with Crippen molar-refractivity contribution >= 4 is 17.6 Å². The molecule has 1 aromatic carbocycles. The van der Waals surface area contributed by atoms with Gasteiger partial charge in [0.25, 0.3) is 5.91 Å². The van der Waals surface area contributed by atoms with Crippen LogP contribution in [0.3, 0.4) is 0 Å². The van der Waals surface area contributed by atoms with Crippen LogP contribution in [0.2, 0.25) is 0 Å². The Bertz CT molecular complexity index is 699. The number of anilines is 1. The summed E-state index contributed by atoms with van der Waals surface area (Å²) in [5, 5.41) is 2.83. The molecule has 5 heteroatoms. The predicted octanol–water partition coefficient (Wildman–Crippen LogP) is 3.23. The zero-order valence-corrected chi connectivity index (χ0v) is 13.2. The highest BCUT2D eigenvalue weighted by atomic mass is 16.5. The normalized spacial score (nSPS) is 10.4. The standard InChI is InChI=1S/C17H20N2O3/c1-5-13-14(17(21)22-4)11(3)15(19-13)16(20)18-12-8-6-10(2)7-9-12/h6-9,19H,5H2,1-4H3,(H,18,20).